The lowest BCUT2D eigenvalue weighted by Crippen LogP contribution is -2.29. The number of anilines is 2. The molecule has 4 aromatic carbocycles. The number of carbonyl (C=O) groups is 4. The lowest BCUT2D eigenvalue weighted by Gasteiger charge is -2.15. The van der Waals surface area contributed by atoms with Crippen LogP contribution in [0.4, 0.5) is 20.2 Å². The summed E-state index contributed by atoms with van der Waals surface area (Å²) < 4.78 is 46.0. The summed E-state index contributed by atoms with van der Waals surface area (Å²) in [6.45, 7) is 5.32. The molecule has 292 valence electrons. The molecule has 2 N–H and O–H groups in total. The Kier molecular flexibility index (Phi) is 16.0. The average molecular weight is 859 g/mol. The Hall–Kier alpha value is -4.13. The molecule has 4 rings (SSSR count). The number of esters is 2. The van der Waals surface area contributed by atoms with Gasteiger partial charge in [0.2, 0.25) is 24.2 Å². The number of benzene rings is 4. The summed E-state index contributed by atoms with van der Waals surface area (Å²) in [6.07, 6.45) is -5.32. The number of ether oxygens (including phenoxy) is 3. The van der Waals surface area contributed by atoms with Gasteiger partial charge in [-0.15, -0.1) is 0 Å². The molecule has 0 aliphatic rings. The van der Waals surface area contributed by atoms with Gasteiger partial charge >= 0.3 is 11.9 Å². The molecule has 9 nitrogen and oxygen atoms in total. The first-order valence-electron chi connectivity index (χ1n) is 16.8. The number of nitrogens with one attached hydrogen (secondary N) is 2. The summed E-state index contributed by atoms with van der Waals surface area (Å²) in [4.78, 5) is 48.4. The molecule has 2 amide bonds. The van der Waals surface area contributed by atoms with Crippen molar-refractivity contribution in [2.45, 2.75) is 72.0 Å². The quantitative estimate of drug-likeness (QED) is 0.0850. The molecule has 0 radical (unpaired) electrons. The third-order valence-corrected chi connectivity index (χ3v) is 9.07. The fraction of sp³-hybridized carbons (Fsp3) is 0.282. The van der Waals surface area contributed by atoms with Crippen LogP contribution in [0.3, 0.4) is 0 Å². The predicted octanol–water partition coefficient (Wildman–Crippen LogP) is 10.6. The van der Waals surface area contributed by atoms with Crippen LogP contribution in [0, 0.1) is 6.92 Å². The third kappa shape index (κ3) is 13.0. The molecule has 55 heavy (non-hydrogen) atoms. The van der Waals surface area contributed by atoms with Crippen LogP contribution >= 0.6 is 58.0 Å². The van der Waals surface area contributed by atoms with E-state index >= 15 is 0 Å². The topological polar surface area (TPSA) is 120 Å². The molecule has 0 spiro atoms. The second-order valence-corrected chi connectivity index (χ2v) is 14.4. The minimum Gasteiger partial charge on any atom is -0.486 e. The molecular formula is C39H35Cl5F2N2O7. The van der Waals surface area contributed by atoms with Gasteiger partial charge in [0.05, 0.1) is 20.1 Å². The average Bonchev–Trinajstić information content (AvgIpc) is 3.10. The van der Waals surface area contributed by atoms with Crippen molar-refractivity contribution in [2.24, 2.45) is 0 Å². The SMILES string of the molecule is CCC(=O)Nc1cc(C)cc(COc2c(Cl)cc(CC(F)C(=O)OC(=O)C(F)Cc3cc(Cl)c(OCc4cc(Cl)cc(NC(=O)CC)c4)c(Cl)c3)cc2Cl)c1. The van der Waals surface area contributed by atoms with Crippen molar-refractivity contribution < 1.29 is 42.2 Å². The van der Waals surface area contributed by atoms with E-state index in [0.717, 1.165) is 11.1 Å². The van der Waals surface area contributed by atoms with Crippen molar-refractivity contribution in [1.82, 2.24) is 0 Å². The molecule has 0 aromatic heterocycles. The monoisotopic (exact) mass is 856 g/mol. The van der Waals surface area contributed by atoms with E-state index in [-0.39, 0.29) is 74.2 Å². The second kappa shape index (κ2) is 20.2. The Balaban J connectivity index is 1.31. The third-order valence-electron chi connectivity index (χ3n) is 7.73. The maximum atomic E-state index is 14.9. The number of hydrogen-bond donors (Lipinski definition) is 2. The summed E-state index contributed by atoms with van der Waals surface area (Å²) in [5, 5.41) is 5.92. The summed E-state index contributed by atoms with van der Waals surface area (Å²) in [7, 11) is 0. The van der Waals surface area contributed by atoms with Crippen LogP contribution in [0.2, 0.25) is 25.1 Å². The minimum absolute atomic E-state index is 0.0000517. The van der Waals surface area contributed by atoms with E-state index in [1.54, 1.807) is 38.1 Å². The van der Waals surface area contributed by atoms with Crippen LogP contribution in [0.1, 0.15) is 54.5 Å². The zero-order valence-electron chi connectivity index (χ0n) is 29.7. The number of rotatable bonds is 16. The first-order valence-corrected chi connectivity index (χ1v) is 18.7. The number of alkyl halides is 2. The van der Waals surface area contributed by atoms with Gasteiger partial charge in [-0.2, -0.15) is 0 Å². The van der Waals surface area contributed by atoms with Crippen LogP contribution in [-0.4, -0.2) is 36.1 Å². The number of aryl methyl sites for hydroxylation is 1. The normalized spacial score (nSPS) is 12.0. The fourth-order valence-electron chi connectivity index (χ4n) is 5.18. The van der Waals surface area contributed by atoms with E-state index in [1.165, 1.54) is 24.3 Å². The number of carbonyl (C=O) groups excluding carboxylic acids is 4. The van der Waals surface area contributed by atoms with Crippen LogP contribution in [0.25, 0.3) is 0 Å². The maximum Gasteiger partial charge on any atom is 0.348 e. The second-order valence-electron chi connectivity index (χ2n) is 12.3. The zero-order chi connectivity index (χ0) is 40.4. The van der Waals surface area contributed by atoms with Crippen molar-refractivity contribution in [1.29, 1.82) is 0 Å². The van der Waals surface area contributed by atoms with Gasteiger partial charge in [-0.1, -0.05) is 77.9 Å². The minimum atomic E-state index is -2.37. The molecule has 0 fully saturated rings. The highest BCUT2D eigenvalue weighted by Crippen LogP contribution is 2.37. The van der Waals surface area contributed by atoms with Gasteiger partial charge in [-0.25, -0.2) is 18.4 Å². The van der Waals surface area contributed by atoms with Gasteiger partial charge in [0.15, 0.2) is 11.5 Å². The molecule has 2 unspecified atom stereocenters. The zero-order valence-corrected chi connectivity index (χ0v) is 33.5. The largest absolute Gasteiger partial charge is 0.486 e. The maximum absolute atomic E-state index is 14.9. The Bertz CT molecular complexity index is 1890. The lowest BCUT2D eigenvalue weighted by atomic mass is 10.1. The molecule has 0 heterocycles. The van der Waals surface area contributed by atoms with Crippen LogP contribution in [0.5, 0.6) is 11.5 Å². The van der Waals surface area contributed by atoms with Crippen molar-refractivity contribution in [3.63, 3.8) is 0 Å². The van der Waals surface area contributed by atoms with Crippen molar-refractivity contribution >= 4 is 93.1 Å². The number of halogens is 7. The van der Waals surface area contributed by atoms with E-state index in [2.05, 4.69) is 15.4 Å². The Morgan fingerprint density at radius 3 is 1.40 bits per heavy atom. The Morgan fingerprint density at radius 2 is 0.982 bits per heavy atom. The van der Waals surface area contributed by atoms with Crippen LogP contribution in [0.15, 0.2) is 60.7 Å². The van der Waals surface area contributed by atoms with Gasteiger partial charge in [0, 0.05) is 42.1 Å². The van der Waals surface area contributed by atoms with Crippen molar-refractivity contribution in [3.05, 3.63) is 114 Å². The molecule has 0 aliphatic heterocycles. The molecule has 0 saturated heterocycles. The summed E-state index contributed by atoms with van der Waals surface area (Å²) in [6, 6.07) is 15.6. The molecule has 4 aromatic rings. The number of hydrogen-bond acceptors (Lipinski definition) is 7. The predicted molar refractivity (Wildman–Crippen MR) is 210 cm³/mol. The number of amides is 2. The first-order chi connectivity index (χ1) is 26.0. The highest BCUT2D eigenvalue weighted by atomic mass is 35.5. The van der Waals surface area contributed by atoms with E-state index < -0.39 is 37.1 Å². The Labute approximate surface area is 341 Å². The van der Waals surface area contributed by atoms with Gasteiger partial charge in [-0.3, -0.25) is 9.59 Å². The molecule has 16 heteroatoms. The van der Waals surface area contributed by atoms with E-state index in [9.17, 15) is 28.0 Å². The highest BCUT2D eigenvalue weighted by Gasteiger charge is 2.29. The lowest BCUT2D eigenvalue weighted by molar-refractivity contribution is -0.166. The van der Waals surface area contributed by atoms with Crippen LogP contribution in [-0.2, 0) is 50.0 Å². The van der Waals surface area contributed by atoms with Gasteiger partial charge in [-0.05, 0) is 89.3 Å². The first kappa shape index (κ1) is 43.6. The summed E-state index contributed by atoms with van der Waals surface area (Å²) >= 11 is 31.6. The standard InChI is InChI=1S/C39H35Cl5F2N2O7/c1-4-34(49)47-26-7-20(3)6-23(9-26)18-53-36-28(41)11-21(12-29(36)42)15-32(45)38(51)55-39(52)33(46)16-22-13-30(43)37(31(44)14-22)54-19-24-8-25(40)17-27(10-24)48-35(50)5-2/h6-14,17,32-33H,4-5,15-16,18-19H2,1-3H3,(H,47,49)(H,48,50). The van der Waals surface area contributed by atoms with E-state index in [0.29, 0.717) is 28.4 Å². The van der Waals surface area contributed by atoms with Crippen LogP contribution < -0.4 is 20.1 Å². The van der Waals surface area contributed by atoms with Gasteiger partial charge in [0.1, 0.15) is 13.2 Å². The Morgan fingerprint density at radius 1 is 0.582 bits per heavy atom. The molecule has 2 atom stereocenters. The van der Waals surface area contributed by atoms with Crippen molar-refractivity contribution in [2.75, 3.05) is 10.6 Å². The molecule has 0 bridgehead atoms. The smallest absolute Gasteiger partial charge is 0.348 e. The fourth-order valence-corrected chi connectivity index (χ4v) is 6.72. The summed E-state index contributed by atoms with van der Waals surface area (Å²) in [5.74, 6) is -3.39. The molecule has 0 aliphatic carbocycles. The van der Waals surface area contributed by atoms with E-state index in [4.69, 9.17) is 67.5 Å². The van der Waals surface area contributed by atoms with E-state index in [1.807, 2.05) is 19.1 Å². The van der Waals surface area contributed by atoms with Crippen molar-refractivity contribution in [3.8, 4) is 11.5 Å². The molecule has 0 saturated carbocycles. The molecular weight excluding hydrogens is 824 g/mol. The van der Waals surface area contributed by atoms with Gasteiger partial charge in [0.25, 0.3) is 0 Å². The highest BCUT2D eigenvalue weighted by molar-refractivity contribution is 6.38. The summed E-state index contributed by atoms with van der Waals surface area (Å²) in [5.41, 5.74) is 3.63. The van der Waals surface area contributed by atoms with Gasteiger partial charge < -0.3 is 24.8 Å².